The molecule has 0 unspecified atom stereocenters. The molecule has 0 atom stereocenters. The van der Waals surface area contributed by atoms with E-state index in [1.807, 2.05) is 20.8 Å². The zero-order chi connectivity index (χ0) is 13.0. The van der Waals surface area contributed by atoms with Crippen LogP contribution in [0.5, 0.6) is 0 Å². The van der Waals surface area contributed by atoms with Gasteiger partial charge >= 0.3 is 11.9 Å². The molecule has 4 nitrogen and oxygen atoms in total. The number of carbonyl (C=O) groups is 2. The fraction of sp³-hybridized carbons (Fsp3) is 0.833. The Bertz CT molecular complexity index is 252. The molecule has 0 aliphatic heterocycles. The van der Waals surface area contributed by atoms with Crippen molar-refractivity contribution in [3.8, 4) is 0 Å². The molecule has 2 N–H and O–H groups in total. The Morgan fingerprint density at radius 1 is 1.00 bits per heavy atom. The normalized spacial score (nSPS) is 12.5. The summed E-state index contributed by atoms with van der Waals surface area (Å²) >= 11 is 0. The highest BCUT2D eigenvalue weighted by Gasteiger charge is 2.57. The van der Waals surface area contributed by atoms with Gasteiger partial charge in [0.15, 0.2) is 5.41 Å². The van der Waals surface area contributed by atoms with E-state index in [4.69, 9.17) is 0 Å². The van der Waals surface area contributed by atoms with Gasteiger partial charge in [-0.05, 0) is 24.7 Å². The van der Waals surface area contributed by atoms with Crippen LogP contribution in [0.15, 0.2) is 0 Å². The van der Waals surface area contributed by atoms with Gasteiger partial charge in [-0.2, -0.15) is 0 Å². The van der Waals surface area contributed by atoms with Gasteiger partial charge < -0.3 is 10.2 Å². The molecule has 0 radical (unpaired) electrons. The summed E-state index contributed by atoms with van der Waals surface area (Å²) in [5.41, 5.74) is -2.37. The molecule has 0 rings (SSSR count). The fourth-order valence-corrected chi connectivity index (χ4v) is 2.35. The lowest BCUT2D eigenvalue weighted by molar-refractivity contribution is -0.177. The molecule has 0 aromatic heterocycles. The average Bonchev–Trinajstić information content (AvgIpc) is 2.23. The molecule has 0 heterocycles. The van der Waals surface area contributed by atoms with E-state index in [2.05, 4.69) is 0 Å². The summed E-state index contributed by atoms with van der Waals surface area (Å²) in [6.07, 6.45) is 1.81. The predicted molar refractivity (Wildman–Crippen MR) is 61.3 cm³/mol. The lowest BCUT2D eigenvalue weighted by Crippen LogP contribution is -2.51. The summed E-state index contributed by atoms with van der Waals surface area (Å²) in [4.78, 5) is 22.9. The number of carboxylic acids is 2. The Kier molecular flexibility index (Phi) is 4.97. The zero-order valence-electron chi connectivity index (χ0n) is 10.5. The van der Waals surface area contributed by atoms with E-state index in [0.29, 0.717) is 19.3 Å². The third kappa shape index (κ3) is 2.06. The van der Waals surface area contributed by atoms with Crippen molar-refractivity contribution in [2.45, 2.75) is 53.4 Å². The van der Waals surface area contributed by atoms with Crippen molar-refractivity contribution in [2.75, 3.05) is 0 Å². The standard InChI is InChI=1S/C12H22O4/c1-5-8-12(9(13)14,10(15)16)11(4,6-2)7-3/h5-8H2,1-4H3,(H,13,14)(H,15,16). The maximum Gasteiger partial charge on any atom is 0.321 e. The molecule has 16 heavy (non-hydrogen) atoms. The molecular formula is C12H22O4. The fourth-order valence-electron chi connectivity index (χ4n) is 2.35. The number of hydrogen-bond donors (Lipinski definition) is 2. The zero-order valence-corrected chi connectivity index (χ0v) is 10.5. The van der Waals surface area contributed by atoms with E-state index in [-0.39, 0.29) is 6.42 Å². The van der Waals surface area contributed by atoms with Crippen LogP contribution in [0.25, 0.3) is 0 Å². The van der Waals surface area contributed by atoms with E-state index in [0.717, 1.165) is 0 Å². The van der Waals surface area contributed by atoms with Gasteiger partial charge in [0.1, 0.15) is 0 Å². The molecule has 0 spiro atoms. The Morgan fingerprint density at radius 2 is 1.38 bits per heavy atom. The first-order valence-corrected chi connectivity index (χ1v) is 5.79. The lowest BCUT2D eigenvalue weighted by Gasteiger charge is -2.41. The Balaban J connectivity index is 5.67. The van der Waals surface area contributed by atoms with Crippen molar-refractivity contribution in [3.05, 3.63) is 0 Å². The second kappa shape index (κ2) is 5.32. The second-order valence-electron chi connectivity index (χ2n) is 4.53. The van der Waals surface area contributed by atoms with Crippen LogP contribution in [0, 0.1) is 10.8 Å². The molecule has 0 bridgehead atoms. The van der Waals surface area contributed by atoms with Crippen molar-refractivity contribution >= 4 is 11.9 Å². The van der Waals surface area contributed by atoms with Gasteiger partial charge in [-0.15, -0.1) is 0 Å². The van der Waals surface area contributed by atoms with E-state index < -0.39 is 22.8 Å². The number of aliphatic carboxylic acids is 2. The predicted octanol–water partition coefficient (Wildman–Crippen LogP) is 2.77. The van der Waals surface area contributed by atoms with Crippen LogP contribution < -0.4 is 0 Å². The van der Waals surface area contributed by atoms with Gasteiger partial charge in [-0.25, -0.2) is 0 Å². The molecule has 0 fully saturated rings. The van der Waals surface area contributed by atoms with Crippen LogP contribution in [0.2, 0.25) is 0 Å². The Hall–Kier alpha value is -1.06. The first-order chi connectivity index (χ1) is 7.32. The van der Waals surface area contributed by atoms with Gasteiger partial charge in [-0.1, -0.05) is 34.1 Å². The summed E-state index contributed by atoms with van der Waals surface area (Å²) in [6.45, 7) is 7.26. The summed E-state index contributed by atoms with van der Waals surface area (Å²) in [7, 11) is 0. The maximum absolute atomic E-state index is 11.4. The smallest absolute Gasteiger partial charge is 0.321 e. The SMILES string of the molecule is CCCC(C(=O)O)(C(=O)O)C(C)(CC)CC. The molecule has 0 amide bonds. The summed E-state index contributed by atoms with van der Waals surface area (Å²) in [5.74, 6) is -2.43. The highest BCUT2D eigenvalue weighted by atomic mass is 16.4. The van der Waals surface area contributed by atoms with Crippen LogP contribution in [-0.2, 0) is 9.59 Å². The largest absolute Gasteiger partial charge is 0.480 e. The summed E-state index contributed by atoms with van der Waals surface area (Å²) in [5, 5.41) is 18.7. The van der Waals surface area contributed by atoms with E-state index in [1.165, 1.54) is 0 Å². The Labute approximate surface area is 96.7 Å². The second-order valence-corrected chi connectivity index (χ2v) is 4.53. The molecule has 0 aromatic carbocycles. The average molecular weight is 230 g/mol. The topological polar surface area (TPSA) is 74.6 Å². The van der Waals surface area contributed by atoms with Crippen LogP contribution >= 0.6 is 0 Å². The van der Waals surface area contributed by atoms with Crippen LogP contribution in [0.3, 0.4) is 0 Å². The number of rotatable bonds is 7. The van der Waals surface area contributed by atoms with E-state index in [1.54, 1.807) is 6.92 Å². The van der Waals surface area contributed by atoms with Gasteiger partial charge in [0.05, 0.1) is 0 Å². The van der Waals surface area contributed by atoms with Crippen LogP contribution in [0.1, 0.15) is 53.4 Å². The lowest BCUT2D eigenvalue weighted by atomic mass is 9.59. The minimum Gasteiger partial charge on any atom is -0.480 e. The third-order valence-corrected chi connectivity index (χ3v) is 3.95. The van der Waals surface area contributed by atoms with E-state index >= 15 is 0 Å². The Morgan fingerprint density at radius 3 is 1.56 bits per heavy atom. The van der Waals surface area contributed by atoms with E-state index in [9.17, 15) is 19.8 Å². The van der Waals surface area contributed by atoms with Crippen molar-refractivity contribution in [3.63, 3.8) is 0 Å². The molecule has 0 aromatic rings. The molecule has 0 aliphatic rings. The third-order valence-electron chi connectivity index (χ3n) is 3.95. The first kappa shape index (κ1) is 14.9. The molecule has 0 saturated carbocycles. The molecule has 94 valence electrons. The van der Waals surface area contributed by atoms with Gasteiger partial charge in [0.25, 0.3) is 0 Å². The number of hydrogen-bond acceptors (Lipinski definition) is 2. The quantitative estimate of drug-likeness (QED) is 0.659. The highest BCUT2D eigenvalue weighted by Crippen LogP contribution is 2.48. The van der Waals surface area contributed by atoms with Gasteiger partial charge in [0.2, 0.25) is 0 Å². The van der Waals surface area contributed by atoms with Crippen molar-refractivity contribution < 1.29 is 19.8 Å². The monoisotopic (exact) mass is 230 g/mol. The molecule has 4 heteroatoms. The summed E-state index contributed by atoms with van der Waals surface area (Å²) in [6, 6.07) is 0. The van der Waals surface area contributed by atoms with Crippen molar-refractivity contribution in [2.24, 2.45) is 10.8 Å². The van der Waals surface area contributed by atoms with Gasteiger partial charge in [0, 0.05) is 0 Å². The minimum absolute atomic E-state index is 0.176. The number of carboxylic acid groups (broad SMARTS) is 2. The van der Waals surface area contributed by atoms with Crippen molar-refractivity contribution in [1.82, 2.24) is 0 Å². The van der Waals surface area contributed by atoms with Crippen LogP contribution in [-0.4, -0.2) is 22.2 Å². The van der Waals surface area contributed by atoms with Crippen LogP contribution in [0.4, 0.5) is 0 Å². The summed E-state index contributed by atoms with van der Waals surface area (Å²) < 4.78 is 0. The molecular weight excluding hydrogens is 208 g/mol. The van der Waals surface area contributed by atoms with Crippen molar-refractivity contribution in [1.29, 1.82) is 0 Å². The first-order valence-electron chi connectivity index (χ1n) is 5.79. The minimum atomic E-state index is -1.66. The highest BCUT2D eigenvalue weighted by molar-refractivity contribution is 5.99. The molecule has 0 aliphatic carbocycles. The maximum atomic E-state index is 11.4. The van der Waals surface area contributed by atoms with Gasteiger partial charge in [-0.3, -0.25) is 9.59 Å². The molecule has 0 saturated heterocycles.